The van der Waals surface area contributed by atoms with Crippen molar-refractivity contribution in [2.24, 2.45) is 7.05 Å². The normalized spacial score (nSPS) is 14.8. The summed E-state index contributed by atoms with van der Waals surface area (Å²) >= 11 is 0. The van der Waals surface area contributed by atoms with Gasteiger partial charge >= 0.3 is 0 Å². The molecule has 2 amide bonds. The highest BCUT2D eigenvalue weighted by atomic mass is 16.2. The molecule has 0 spiro atoms. The number of aryl methyl sites for hydroxylation is 3. The van der Waals surface area contributed by atoms with E-state index in [4.69, 9.17) is 0 Å². The summed E-state index contributed by atoms with van der Waals surface area (Å²) in [5, 5.41) is 0. The van der Waals surface area contributed by atoms with E-state index in [1.807, 2.05) is 59.8 Å². The van der Waals surface area contributed by atoms with Crippen molar-refractivity contribution in [3.05, 3.63) is 47.0 Å². The number of aromatic amines is 1. The molecular formula is C19H26N4O2. The van der Waals surface area contributed by atoms with Crippen molar-refractivity contribution < 1.29 is 9.59 Å². The van der Waals surface area contributed by atoms with Gasteiger partial charge in [-0.15, -0.1) is 0 Å². The van der Waals surface area contributed by atoms with Crippen molar-refractivity contribution in [2.45, 2.75) is 26.7 Å². The number of nitrogens with one attached hydrogen (secondary N) is 1. The van der Waals surface area contributed by atoms with Gasteiger partial charge in [0.15, 0.2) is 0 Å². The van der Waals surface area contributed by atoms with Gasteiger partial charge in [0.2, 0.25) is 11.8 Å². The predicted octanol–water partition coefficient (Wildman–Crippen LogP) is 1.43. The van der Waals surface area contributed by atoms with Gasteiger partial charge < -0.3 is 19.4 Å². The van der Waals surface area contributed by atoms with E-state index in [1.54, 1.807) is 0 Å². The first-order valence-corrected chi connectivity index (χ1v) is 8.74. The maximum Gasteiger partial charge on any atom is 0.227 e. The van der Waals surface area contributed by atoms with Crippen LogP contribution in [0.15, 0.2) is 24.5 Å². The molecule has 0 saturated carbocycles. The lowest BCUT2D eigenvalue weighted by Gasteiger charge is -2.35. The van der Waals surface area contributed by atoms with Crippen LogP contribution in [0.3, 0.4) is 0 Å². The molecule has 25 heavy (non-hydrogen) atoms. The van der Waals surface area contributed by atoms with Gasteiger partial charge in [-0.05, 0) is 37.1 Å². The Morgan fingerprint density at radius 3 is 2.12 bits per heavy atom. The van der Waals surface area contributed by atoms with Crippen LogP contribution >= 0.6 is 0 Å². The molecule has 2 aromatic heterocycles. The first kappa shape index (κ1) is 17.3. The quantitative estimate of drug-likeness (QED) is 0.914. The number of aromatic nitrogens is 2. The predicted molar refractivity (Wildman–Crippen MR) is 96.2 cm³/mol. The lowest BCUT2D eigenvalue weighted by atomic mass is 10.1. The highest BCUT2D eigenvalue weighted by molar-refractivity contribution is 5.81. The summed E-state index contributed by atoms with van der Waals surface area (Å²) in [5.74, 6) is 0.271. The van der Waals surface area contributed by atoms with Gasteiger partial charge in [-0.2, -0.15) is 0 Å². The molecule has 0 unspecified atom stereocenters. The van der Waals surface area contributed by atoms with Gasteiger partial charge in [0.1, 0.15) is 0 Å². The zero-order chi connectivity index (χ0) is 18.0. The van der Waals surface area contributed by atoms with Crippen LogP contribution in [-0.4, -0.2) is 57.3 Å². The number of carbonyl (C=O) groups excluding carboxylic acids is 2. The molecule has 1 fully saturated rings. The van der Waals surface area contributed by atoms with Crippen LogP contribution in [-0.2, 0) is 29.5 Å². The molecule has 6 heteroatoms. The molecule has 0 aromatic carbocycles. The molecule has 1 N–H and O–H groups in total. The molecule has 0 bridgehead atoms. The van der Waals surface area contributed by atoms with Crippen molar-refractivity contribution >= 4 is 11.8 Å². The summed E-state index contributed by atoms with van der Waals surface area (Å²) < 4.78 is 1.95. The van der Waals surface area contributed by atoms with Gasteiger partial charge in [0, 0.05) is 57.0 Å². The van der Waals surface area contributed by atoms with E-state index in [0.29, 0.717) is 39.0 Å². The fourth-order valence-electron chi connectivity index (χ4n) is 3.40. The van der Waals surface area contributed by atoms with Gasteiger partial charge in [0.25, 0.3) is 0 Å². The van der Waals surface area contributed by atoms with E-state index < -0.39 is 0 Å². The summed E-state index contributed by atoms with van der Waals surface area (Å²) in [6.07, 6.45) is 4.77. The fraction of sp³-hybridized carbons (Fsp3) is 0.474. The number of amides is 2. The van der Waals surface area contributed by atoms with Crippen LogP contribution in [0.25, 0.3) is 0 Å². The van der Waals surface area contributed by atoms with E-state index in [9.17, 15) is 9.59 Å². The molecule has 2 aromatic rings. The number of nitrogens with zero attached hydrogens (tertiary/aromatic N) is 3. The molecule has 0 radical (unpaired) electrons. The Hall–Kier alpha value is -2.50. The Balaban J connectivity index is 1.50. The van der Waals surface area contributed by atoms with Gasteiger partial charge in [0.05, 0.1) is 12.8 Å². The Labute approximate surface area is 148 Å². The molecule has 134 valence electrons. The molecular weight excluding hydrogens is 316 g/mol. The van der Waals surface area contributed by atoms with Gasteiger partial charge in [-0.1, -0.05) is 0 Å². The Morgan fingerprint density at radius 1 is 1.04 bits per heavy atom. The van der Waals surface area contributed by atoms with Crippen molar-refractivity contribution in [3.63, 3.8) is 0 Å². The molecule has 1 saturated heterocycles. The smallest absolute Gasteiger partial charge is 0.227 e. The summed E-state index contributed by atoms with van der Waals surface area (Å²) in [6.45, 7) is 6.45. The number of hydrogen-bond donors (Lipinski definition) is 1. The van der Waals surface area contributed by atoms with Crippen molar-refractivity contribution in [3.8, 4) is 0 Å². The lowest BCUT2D eigenvalue weighted by Crippen LogP contribution is -2.51. The molecule has 0 aliphatic carbocycles. The van der Waals surface area contributed by atoms with Crippen LogP contribution in [0.2, 0.25) is 0 Å². The maximum atomic E-state index is 12.5. The zero-order valence-electron chi connectivity index (χ0n) is 15.2. The second-order valence-electron chi connectivity index (χ2n) is 6.90. The standard InChI is InChI=1S/C19H26N4O2/c1-14-10-17(15(2)20-14)12-19(25)23-8-6-22(7-9-23)18(24)11-16-4-5-21(3)13-16/h4-5,10,13,20H,6-9,11-12H2,1-3H3. The summed E-state index contributed by atoms with van der Waals surface area (Å²) in [6, 6.07) is 4.01. The van der Waals surface area contributed by atoms with E-state index >= 15 is 0 Å². The van der Waals surface area contributed by atoms with Crippen LogP contribution < -0.4 is 0 Å². The van der Waals surface area contributed by atoms with E-state index in [2.05, 4.69) is 4.98 Å². The molecule has 0 atom stereocenters. The third-order valence-electron chi connectivity index (χ3n) is 4.83. The summed E-state index contributed by atoms with van der Waals surface area (Å²) in [5.41, 5.74) is 4.23. The van der Waals surface area contributed by atoms with Gasteiger partial charge in [-0.3, -0.25) is 9.59 Å². The second kappa shape index (κ2) is 7.17. The average molecular weight is 342 g/mol. The summed E-state index contributed by atoms with van der Waals surface area (Å²) in [7, 11) is 1.95. The number of hydrogen-bond acceptors (Lipinski definition) is 2. The molecule has 3 rings (SSSR count). The SMILES string of the molecule is Cc1cc(CC(=O)N2CCN(C(=O)Cc3ccn(C)c3)CC2)c(C)[nH]1. The van der Waals surface area contributed by atoms with E-state index in [-0.39, 0.29) is 11.8 Å². The minimum atomic E-state index is 0.135. The summed E-state index contributed by atoms with van der Waals surface area (Å²) in [4.78, 5) is 31.9. The van der Waals surface area contributed by atoms with Crippen LogP contribution in [0.1, 0.15) is 22.5 Å². The zero-order valence-corrected chi connectivity index (χ0v) is 15.2. The Morgan fingerprint density at radius 2 is 1.64 bits per heavy atom. The first-order valence-electron chi connectivity index (χ1n) is 8.74. The van der Waals surface area contributed by atoms with Crippen LogP contribution in [0, 0.1) is 13.8 Å². The first-order chi connectivity index (χ1) is 11.9. The third-order valence-corrected chi connectivity index (χ3v) is 4.83. The highest BCUT2D eigenvalue weighted by Gasteiger charge is 2.24. The Kier molecular flexibility index (Phi) is 4.97. The van der Waals surface area contributed by atoms with Crippen molar-refractivity contribution in [1.29, 1.82) is 0 Å². The largest absolute Gasteiger partial charge is 0.362 e. The Bertz CT molecular complexity index is 766. The molecule has 1 aliphatic rings. The highest BCUT2D eigenvalue weighted by Crippen LogP contribution is 2.13. The minimum absolute atomic E-state index is 0.135. The lowest BCUT2D eigenvalue weighted by molar-refractivity contribution is -0.138. The number of piperazine rings is 1. The van der Waals surface area contributed by atoms with Crippen LogP contribution in [0.5, 0.6) is 0 Å². The van der Waals surface area contributed by atoms with Gasteiger partial charge in [-0.25, -0.2) is 0 Å². The molecule has 1 aliphatic heterocycles. The average Bonchev–Trinajstić information content (AvgIpc) is 3.12. The number of carbonyl (C=O) groups is 2. The van der Waals surface area contributed by atoms with Crippen molar-refractivity contribution in [1.82, 2.24) is 19.4 Å². The van der Waals surface area contributed by atoms with E-state index in [1.165, 1.54) is 0 Å². The molecule has 6 nitrogen and oxygen atoms in total. The van der Waals surface area contributed by atoms with E-state index in [0.717, 1.165) is 22.5 Å². The van der Waals surface area contributed by atoms with Crippen molar-refractivity contribution in [2.75, 3.05) is 26.2 Å². The monoisotopic (exact) mass is 342 g/mol. The second-order valence-corrected chi connectivity index (χ2v) is 6.90. The fourth-order valence-corrected chi connectivity index (χ4v) is 3.40. The molecule has 3 heterocycles. The minimum Gasteiger partial charge on any atom is -0.362 e. The number of rotatable bonds is 4. The van der Waals surface area contributed by atoms with Crippen LogP contribution in [0.4, 0.5) is 0 Å². The topological polar surface area (TPSA) is 61.3 Å². The number of H-pyrrole nitrogens is 1. The maximum absolute atomic E-state index is 12.5. The third kappa shape index (κ3) is 4.13.